The van der Waals surface area contributed by atoms with Crippen molar-refractivity contribution in [1.82, 2.24) is 10.2 Å². The molecule has 3 aromatic rings. The highest BCUT2D eigenvalue weighted by Gasteiger charge is 2.03. The minimum Gasteiger partial charge on any atom is -0.381 e. The van der Waals surface area contributed by atoms with Gasteiger partial charge in [0.25, 0.3) is 0 Å². The van der Waals surface area contributed by atoms with Gasteiger partial charge in [-0.3, -0.25) is 5.10 Å². The third-order valence-corrected chi connectivity index (χ3v) is 3.43. The van der Waals surface area contributed by atoms with Crippen molar-refractivity contribution >= 4 is 32.5 Å². The van der Waals surface area contributed by atoms with E-state index in [1.807, 2.05) is 24.3 Å². The third kappa shape index (κ3) is 2.61. The van der Waals surface area contributed by atoms with Crippen molar-refractivity contribution in [2.75, 3.05) is 5.32 Å². The Morgan fingerprint density at radius 3 is 2.95 bits per heavy atom. The Morgan fingerprint density at radius 2 is 2.11 bits per heavy atom. The van der Waals surface area contributed by atoms with E-state index in [1.54, 1.807) is 12.3 Å². The molecule has 3 rings (SSSR count). The third-order valence-electron chi connectivity index (χ3n) is 2.94. The van der Waals surface area contributed by atoms with E-state index in [0.29, 0.717) is 12.1 Å². The lowest BCUT2D eigenvalue weighted by Crippen LogP contribution is -2.01. The molecule has 5 heteroatoms. The van der Waals surface area contributed by atoms with Crippen LogP contribution in [0.3, 0.4) is 0 Å². The zero-order chi connectivity index (χ0) is 13.2. The maximum Gasteiger partial charge on any atom is 0.129 e. The zero-order valence-electron chi connectivity index (χ0n) is 9.95. The minimum absolute atomic E-state index is 0.218. The average molecular weight is 320 g/mol. The van der Waals surface area contributed by atoms with Gasteiger partial charge in [-0.1, -0.05) is 22.0 Å². The van der Waals surface area contributed by atoms with E-state index >= 15 is 0 Å². The molecule has 19 heavy (non-hydrogen) atoms. The second kappa shape index (κ2) is 5.01. The highest BCUT2D eigenvalue weighted by Crippen LogP contribution is 2.19. The van der Waals surface area contributed by atoms with Crippen molar-refractivity contribution in [2.45, 2.75) is 6.54 Å². The molecular formula is C14H11BrFN3. The van der Waals surface area contributed by atoms with Crippen LogP contribution in [0.15, 0.2) is 47.1 Å². The van der Waals surface area contributed by atoms with Gasteiger partial charge in [0.2, 0.25) is 0 Å². The molecule has 3 nitrogen and oxygen atoms in total. The molecule has 0 spiro atoms. The number of aromatic nitrogens is 2. The summed E-state index contributed by atoms with van der Waals surface area (Å²) in [6, 6.07) is 10.9. The topological polar surface area (TPSA) is 40.7 Å². The van der Waals surface area contributed by atoms with E-state index in [-0.39, 0.29) is 5.82 Å². The van der Waals surface area contributed by atoms with Gasteiger partial charge in [0.1, 0.15) is 5.82 Å². The van der Waals surface area contributed by atoms with E-state index in [2.05, 4.69) is 31.4 Å². The van der Waals surface area contributed by atoms with E-state index in [0.717, 1.165) is 21.1 Å². The summed E-state index contributed by atoms with van der Waals surface area (Å²) in [6.07, 6.45) is 1.77. The molecule has 0 aliphatic carbocycles. The monoisotopic (exact) mass is 319 g/mol. The number of anilines is 1. The highest BCUT2D eigenvalue weighted by molar-refractivity contribution is 9.10. The summed E-state index contributed by atoms with van der Waals surface area (Å²) in [4.78, 5) is 0. The van der Waals surface area contributed by atoms with Crippen LogP contribution in [0.4, 0.5) is 10.1 Å². The van der Waals surface area contributed by atoms with Gasteiger partial charge in [0.05, 0.1) is 11.7 Å². The first-order valence-corrected chi connectivity index (χ1v) is 6.62. The van der Waals surface area contributed by atoms with Crippen molar-refractivity contribution in [1.29, 1.82) is 0 Å². The van der Waals surface area contributed by atoms with Gasteiger partial charge in [-0.2, -0.15) is 5.10 Å². The number of benzene rings is 2. The molecule has 1 aromatic heterocycles. The van der Waals surface area contributed by atoms with Crippen LogP contribution < -0.4 is 5.32 Å². The van der Waals surface area contributed by atoms with Crippen molar-refractivity contribution in [2.24, 2.45) is 0 Å². The molecule has 1 heterocycles. The van der Waals surface area contributed by atoms with Gasteiger partial charge in [-0.25, -0.2) is 4.39 Å². The minimum atomic E-state index is -0.218. The lowest BCUT2D eigenvalue weighted by Gasteiger charge is -2.07. The normalized spacial score (nSPS) is 10.8. The van der Waals surface area contributed by atoms with Crippen LogP contribution in [-0.4, -0.2) is 10.2 Å². The fraction of sp³-hybridized carbons (Fsp3) is 0.0714. The Kier molecular flexibility index (Phi) is 3.21. The van der Waals surface area contributed by atoms with Crippen LogP contribution in [0.2, 0.25) is 0 Å². The van der Waals surface area contributed by atoms with Crippen LogP contribution >= 0.6 is 15.9 Å². The number of hydrogen-bond acceptors (Lipinski definition) is 2. The van der Waals surface area contributed by atoms with Gasteiger partial charge in [0.15, 0.2) is 0 Å². The molecular weight excluding hydrogens is 309 g/mol. The van der Waals surface area contributed by atoms with Crippen LogP contribution in [0.1, 0.15) is 5.56 Å². The van der Waals surface area contributed by atoms with Gasteiger partial charge in [-0.05, 0) is 30.3 Å². The number of hydrogen-bond donors (Lipinski definition) is 2. The second-order valence-corrected chi connectivity index (χ2v) is 5.18. The Hall–Kier alpha value is -1.88. The summed E-state index contributed by atoms with van der Waals surface area (Å²) in [5.41, 5.74) is 2.52. The van der Waals surface area contributed by atoms with E-state index in [1.165, 1.54) is 6.07 Å². The second-order valence-electron chi connectivity index (χ2n) is 4.26. The van der Waals surface area contributed by atoms with Crippen molar-refractivity contribution in [3.63, 3.8) is 0 Å². The number of nitrogens with one attached hydrogen (secondary N) is 2. The van der Waals surface area contributed by atoms with E-state index < -0.39 is 0 Å². The van der Waals surface area contributed by atoms with E-state index in [9.17, 15) is 4.39 Å². The quantitative estimate of drug-likeness (QED) is 0.763. The number of rotatable bonds is 3. The molecule has 0 saturated heterocycles. The lowest BCUT2D eigenvalue weighted by molar-refractivity contribution is 0.612. The molecule has 0 radical (unpaired) electrons. The number of fused-ring (bicyclic) bond motifs is 1. The number of H-pyrrole nitrogens is 1. The smallest absolute Gasteiger partial charge is 0.129 e. The van der Waals surface area contributed by atoms with E-state index in [4.69, 9.17) is 0 Å². The summed E-state index contributed by atoms with van der Waals surface area (Å²) >= 11 is 3.24. The fourth-order valence-corrected chi connectivity index (χ4v) is 2.24. The molecule has 0 saturated carbocycles. The standard InChI is InChI=1S/C14H11BrFN3/c15-11-3-1-9(13(16)5-11)7-17-12-4-2-10-8-18-19-14(10)6-12/h1-6,8,17H,7H2,(H,18,19). The largest absolute Gasteiger partial charge is 0.381 e. The predicted octanol–water partition coefficient (Wildman–Crippen LogP) is 4.08. The first-order valence-electron chi connectivity index (χ1n) is 5.83. The van der Waals surface area contributed by atoms with Crippen molar-refractivity contribution in [3.8, 4) is 0 Å². The number of aromatic amines is 1. The Balaban J connectivity index is 1.77. The van der Waals surface area contributed by atoms with Crippen LogP contribution in [0.5, 0.6) is 0 Å². The van der Waals surface area contributed by atoms with Gasteiger partial charge < -0.3 is 5.32 Å². The zero-order valence-corrected chi connectivity index (χ0v) is 11.5. The number of nitrogens with zero attached hydrogens (tertiary/aromatic N) is 1. The highest BCUT2D eigenvalue weighted by atomic mass is 79.9. The van der Waals surface area contributed by atoms with Crippen molar-refractivity contribution < 1.29 is 4.39 Å². The SMILES string of the molecule is Fc1cc(Br)ccc1CNc1ccc2cn[nH]c2c1. The average Bonchev–Trinajstić information content (AvgIpc) is 2.85. The predicted molar refractivity (Wildman–Crippen MR) is 77.5 cm³/mol. The Morgan fingerprint density at radius 1 is 1.21 bits per heavy atom. The summed E-state index contributed by atoms with van der Waals surface area (Å²) < 4.78 is 14.4. The first-order chi connectivity index (χ1) is 9.22. The molecule has 0 amide bonds. The van der Waals surface area contributed by atoms with Crippen LogP contribution in [-0.2, 0) is 6.54 Å². The molecule has 2 N–H and O–H groups in total. The molecule has 0 bridgehead atoms. The molecule has 0 aliphatic rings. The summed E-state index contributed by atoms with van der Waals surface area (Å²) in [5.74, 6) is -0.218. The molecule has 0 atom stereocenters. The molecule has 0 unspecified atom stereocenters. The fourth-order valence-electron chi connectivity index (χ4n) is 1.91. The Labute approximate surface area is 118 Å². The van der Waals surface area contributed by atoms with Crippen LogP contribution in [0, 0.1) is 5.82 Å². The van der Waals surface area contributed by atoms with Crippen molar-refractivity contribution in [3.05, 3.63) is 58.4 Å². The molecule has 0 aliphatic heterocycles. The van der Waals surface area contributed by atoms with Gasteiger partial charge in [-0.15, -0.1) is 0 Å². The molecule has 0 fully saturated rings. The van der Waals surface area contributed by atoms with Crippen LogP contribution in [0.25, 0.3) is 10.9 Å². The Bertz CT molecular complexity index is 724. The summed E-state index contributed by atoms with van der Waals surface area (Å²) in [5, 5.41) is 11.1. The first kappa shape index (κ1) is 12.2. The number of halogens is 2. The van der Waals surface area contributed by atoms with Gasteiger partial charge in [0, 0.05) is 27.7 Å². The maximum atomic E-state index is 13.7. The van der Waals surface area contributed by atoms with Gasteiger partial charge >= 0.3 is 0 Å². The summed E-state index contributed by atoms with van der Waals surface area (Å²) in [6.45, 7) is 0.443. The molecule has 96 valence electrons. The lowest BCUT2D eigenvalue weighted by atomic mass is 10.2. The maximum absolute atomic E-state index is 13.7. The summed E-state index contributed by atoms with van der Waals surface area (Å²) in [7, 11) is 0. The molecule has 2 aromatic carbocycles.